The number of fused-ring (bicyclic) bond motifs is 5. The van der Waals surface area contributed by atoms with Gasteiger partial charge in [0.05, 0.1) is 0 Å². The topological polar surface area (TPSA) is 74.9 Å². The minimum absolute atomic E-state index is 0.0538. The van der Waals surface area contributed by atoms with Crippen LogP contribution in [0.1, 0.15) is 58.8 Å². The molecule has 0 spiro atoms. The van der Waals surface area contributed by atoms with Gasteiger partial charge in [-0.05, 0) is 85.8 Å². The fourth-order valence-corrected chi connectivity index (χ4v) is 8.08. The monoisotopic (exact) mass is 437 g/mol. The van der Waals surface area contributed by atoms with E-state index in [2.05, 4.69) is 24.9 Å². The van der Waals surface area contributed by atoms with Crippen molar-refractivity contribution in [2.45, 2.75) is 64.8 Å². The van der Waals surface area contributed by atoms with Gasteiger partial charge in [-0.3, -0.25) is 9.59 Å². The highest BCUT2D eigenvalue weighted by Crippen LogP contribution is 2.65. The molecule has 4 unspecified atom stereocenters. The number of carbonyl (C=O) groups excluding carboxylic acids is 2. The fraction of sp³-hybridized carbons (Fsp3) is 0.654. The minimum atomic E-state index is -0.140. The van der Waals surface area contributed by atoms with Gasteiger partial charge in [-0.25, -0.2) is 0 Å². The number of amides is 2. The molecule has 3 aliphatic carbocycles. The van der Waals surface area contributed by atoms with Crippen LogP contribution in [0.3, 0.4) is 0 Å². The van der Waals surface area contributed by atoms with E-state index in [1.54, 1.807) is 24.3 Å². The highest BCUT2D eigenvalue weighted by atomic mass is 16.5. The van der Waals surface area contributed by atoms with Crippen molar-refractivity contribution >= 4 is 11.8 Å². The minimum Gasteiger partial charge on any atom is -0.427 e. The standard InChI is InChI=1S/C26H35N3O3/c1-25-13-11-20-18(8-10-21-26(20,2)14-12-24(31)28(21)3)19(25)9-7-17(25)16-23(30)27-22-6-4-5-15-29(22)32/h4-6,12,14-15,17-21,32H,7-11,13,16H2,1-3H3/t17-,18?,19?,20?,21?,25-,26-/m1/s1. The van der Waals surface area contributed by atoms with Crippen LogP contribution in [0, 0.1) is 34.5 Å². The van der Waals surface area contributed by atoms with Crippen molar-refractivity contribution in [2.75, 3.05) is 7.05 Å². The third-order valence-electron chi connectivity index (χ3n) is 9.80. The maximum absolute atomic E-state index is 12.8. The predicted octanol–water partition coefficient (Wildman–Crippen LogP) is 3.80. The zero-order valence-electron chi connectivity index (χ0n) is 19.4. The predicted molar refractivity (Wildman–Crippen MR) is 120 cm³/mol. The molecule has 0 aromatic carbocycles. The van der Waals surface area contributed by atoms with Crippen LogP contribution in [-0.2, 0) is 9.59 Å². The molecule has 6 heteroatoms. The second kappa shape index (κ2) is 7.60. The molecule has 0 bridgehead atoms. The van der Waals surface area contributed by atoms with Gasteiger partial charge in [-0.2, -0.15) is 9.72 Å². The number of carbonyl (C=O) groups is 2. The molecule has 0 saturated heterocycles. The summed E-state index contributed by atoms with van der Waals surface area (Å²) in [6, 6.07) is 5.43. The van der Waals surface area contributed by atoms with Crippen molar-refractivity contribution in [2.24, 2.45) is 39.5 Å². The lowest BCUT2D eigenvalue weighted by molar-refractivity contribution is -0.139. The molecule has 7 atom stereocenters. The Labute approximate surface area is 190 Å². The van der Waals surface area contributed by atoms with E-state index >= 15 is 0 Å². The van der Waals surface area contributed by atoms with Crippen molar-refractivity contribution < 1.29 is 14.8 Å². The number of aromatic nitrogens is 1. The number of pyridine rings is 1. The van der Waals surface area contributed by atoms with Gasteiger partial charge in [0.15, 0.2) is 5.49 Å². The van der Waals surface area contributed by atoms with Gasteiger partial charge in [0, 0.05) is 31.1 Å². The number of likely N-dealkylation sites (N-methyl/N-ethyl adjacent to an activating group) is 1. The van der Waals surface area contributed by atoms with E-state index in [9.17, 15) is 14.8 Å². The van der Waals surface area contributed by atoms with Crippen LogP contribution in [0.2, 0.25) is 0 Å². The molecule has 1 aromatic heterocycles. The van der Waals surface area contributed by atoms with Crippen molar-refractivity contribution in [1.82, 2.24) is 9.63 Å². The molecule has 1 aromatic rings. The molecule has 0 radical (unpaired) electrons. The lowest BCUT2D eigenvalue weighted by Crippen LogP contribution is -2.59. The van der Waals surface area contributed by atoms with E-state index in [1.165, 1.54) is 19.0 Å². The second-order valence-electron chi connectivity index (χ2n) is 11.1. The largest absolute Gasteiger partial charge is 0.427 e. The Morgan fingerprint density at radius 2 is 1.97 bits per heavy atom. The molecule has 172 valence electrons. The maximum atomic E-state index is 12.8. The quantitative estimate of drug-likeness (QED) is 0.715. The fourth-order valence-electron chi connectivity index (χ4n) is 8.08. The van der Waals surface area contributed by atoms with E-state index in [0.717, 1.165) is 30.4 Å². The zero-order valence-corrected chi connectivity index (χ0v) is 19.4. The van der Waals surface area contributed by atoms with Gasteiger partial charge in [0.2, 0.25) is 11.8 Å². The van der Waals surface area contributed by atoms with Crippen LogP contribution < -0.4 is 5.49 Å². The molecule has 2 amide bonds. The van der Waals surface area contributed by atoms with Crippen LogP contribution in [0.5, 0.6) is 0 Å². The number of rotatable bonds is 2. The summed E-state index contributed by atoms with van der Waals surface area (Å²) in [4.78, 5) is 31.2. The molecule has 6 nitrogen and oxygen atoms in total. The second-order valence-corrected chi connectivity index (χ2v) is 11.1. The Hall–Kier alpha value is -2.37. The lowest BCUT2D eigenvalue weighted by Gasteiger charge is -2.60. The molecular formula is C26H35N3O3. The van der Waals surface area contributed by atoms with Gasteiger partial charge in [0.1, 0.15) is 0 Å². The van der Waals surface area contributed by atoms with Gasteiger partial charge < -0.3 is 10.1 Å². The average molecular weight is 438 g/mol. The average Bonchev–Trinajstić information content (AvgIpc) is 3.09. The first-order valence-electron chi connectivity index (χ1n) is 12.1. The normalized spacial score (nSPS) is 41.2. The Morgan fingerprint density at radius 1 is 1.16 bits per heavy atom. The Balaban J connectivity index is 1.36. The smallest absolute Gasteiger partial charge is 0.248 e. The van der Waals surface area contributed by atoms with Crippen molar-refractivity contribution in [3.8, 4) is 0 Å². The van der Waals surface area contributed by atoms with E-state index in [-0.39, 0.29) is 28.1 Å². The van der Waals surface area contributed by atoms with Gasteiger partial charge in [-0.1, -0.05) is 26.0 Å². The summed E-state index contributed by atoms with van der Waals surface area (Å²) in [5.41, 5.74) is 0.509. The Bertz CT molecular complexity index is 1030. The van der Waals surface area contributed by atoms with Gasteiger partial charge >= 0.3 is 0 Å². The summed E-state index contributed by atoms with van der Waals surface area (Å²) in [5, 5.41) is 9.88. The van der Waals surface area contributed by atoms with E-state index in [0.29, 0.717) is 36.1 Å². The summed E-state index contributed by atoms with van der Waals surface area (Å²) in [7, 11) is 1.96. The molecular weight excluding hydrogens is 402 g/mol. The van der Waals surface area contributed by atoms with Gasteiger partial charge in [0.25, 0.3) is 0 Å². The van der Waals surface area contributed by atoms with E-state index < -0.39 is 0 Å². The zero-order chi connectivity index (χ0) is 22.7. The van der Waals surface area contributed by atoms with Crippen LogP contribution in [0.4, 0.5) is 0 Å². The molecule has 2 heterocycles. The first kappa shape index (κ1) is 21.5. The molecule has 1 N–H and O–H groups in total. The molecule has 3 fully saturated rings. The number of hydrogen-bond acceptors (Lipinski definition) is 3. The number of nitrogens with zero attached hydrogens (tertiary/aromatic N) is 3. The highest BCUT2D eigenvalue weighted by molar-refractivity contribution is 5.89. The molecule has 32 heavy (non-hydrogen) atoms. The molecule has 4 aliphatic rings. The Kier molecular flexibility index (Phi) is 5.10. The summed E-state index contributed by atoms with van der Waals surface area (Å²) < 4.78 is 0.904. The summed E-state index contributed by atoms with van der Waals surface area (Å²) in [6.45, 7) is 4.78. The van der Waals surface area contributed by atoms with Crippen molar-refractivity contribution in [3.05, 3.63) is 42.0 Å². The van der Waals surface area contributed by atoms with Crippen molar-refractivity contribution in [1.29, 1.82) is 0 Å². The van der Waals surface area contributed by atoms with Crippen molar-refractivity contribution in [3.63, 3.8) is 0 Å². The Morgan fingerprint density at radius 3 is 2.75 bits per heavy atom. The maximum Gasteiger partial charge on any atom is 0.248 e. The molecule has 3 saturated carbocycles. The van der Waals surface area contributed by atoms with Gasteiger partial charge in [-0.15, -0.1) is 0 Å². The summed E-state index contributed by atoms with van der Waals surface area (Å²) in [5.74, 6) is 2.23. The SMILES string of the molecule is CN1C(=O)C=C[C@]2(C)C3CC[C@@]4(C)C(CC[C@@H]4CC(=O)N=c4ccccn4O)C3CCC12. The van der Waals surface area contributed by atoms with Crippen LogP contribution in [-0.4, -0.2) is 39.7 Å². The third kappa shape index (κ3) is 3.17. The molecule has 1 aliphatic heterocycles. The van der Waals surface area contributed by atoms with Crippen LogP contribution >= 0.6 is 0 Å². The lowest BCUT2D eigenvalue weighted by atomic mass is 9.47. The van der Waals surface area contributed by atoms with E-state index in [4.69, 9.17) is 0 Å². The first-order chi connectivity index (χ1) is 15.2. The number of hydrogen-bond donors (Lipinski definition) is 1. The van der Waals surface area contributed by atoms with E-state index in [1.807, 2.05) is 11.9 Å². The molecule has 5 rings (SSSR count). The van der Waals surface area contributed by atoms with Crippen LogP contribution in [0.15, 0.2) is 41.5 Å². The van der Waals surface area contributed by atoms with Crippen LogP contribution in [0.25, 0.3) is 0 Å². The summed E-state index contributed by atoms with van der Waals surface area (Å²) >= 11 is 0. The summed E-state index contributed by atoms with van der Waals surface area (Å²) in [6.07, 6.45) is 12.8. The third-order valence-corrected chi connectivity index (χ3v) is 9.80. The highest BCUT2D eigenvalue weighted by Gasteiger charge is 2.60. The first-order valence-corrected chi connectivity index (χ1v) is 12.1.